The van der Waals surface area contributed by atoms with Gasteiger partial charge in [-0.1, -0.05) is 73.5 Å². The molecular formula is C30H48O. The molecule has 0 spiro atoms. The Morgan fingerprint density at radius 1 is 0.806 bits per heavy atom. The lowest BCUT2D eigenvalue weighted by Gasteiger charge is -2.70. The molecule has 0 N–H and O–H groups in total. The summed E-state index contributed by atoms with van der Waals surface area (Å²) >= 11 is 0. The van der Waals surface area contributed by atoms with Crippen LogP contribution in [0.1, 0.15) is 120 Å². The highest BCUT2D eigenvalue weighted by molar-refractivity contribution is 5.88. The third-order valence-electron chi connectivity index (χ3n) is 12.6. The van der Waals surface area contributed by atoms with E-state index in [0.29, 0.717) is 45.2 Å². The van der Waals surface area contributed by atoms with Gasteiger partial charge in [-0.15, -0.1) is 0 Å². The fourth-order valence-corrected chi connectivity index (χ4v) is 10.3. The van der Waals surface area contributed by atoms with E-state index in [0.717, 1.165) is 12.8 Å². The van der Waals surface area contributed by atoms with E-state index in [-0.39, 0.29) is 10.8 Å². The van der Waals surface area contributed by atoms with Crippen LogP contribution in [0, 0.1) is 50.2 Å². The molecular weight excluding hydrogens is 376 g/mol. The van der Waals surface area contributed by atoms with E-state index in [9.17, 15) is 4.79 Å². The molecule has 0 radical (unpaired) electrons. The Morgan fingerprint density at radius 3 is 2.19 bits per heavy atom. The van der Waals surface area contributed by atoms with Crippen LogP contribution in [0.5, 0.6) is 0 Å². The summed E-state index contributed by atoms with van der Waals surface area (Å²) in [6, 6.07) is 0. The van der Waals surface area contributed by atoms with Crippen molar-refractivity contribution in [2.45, 2.75) is 120 Å². The number of rotatable bonds is 0. The van der Waals surface area contributed by atoms with Gasteiger partial charge in [0.05, 0.1) is 0 Å². The number of fused-ring (bicyclic) bond motifs is 7. The molecule has 1 unspecified atom stereocenters. The Bertz CT molecular complexity index is 831. The molecule has 0 aliphatic heterocycles. The zero-order valence-electron chi connectivity index (χ0n) is 21.8. The van der Waals surface area contributed by atoms with Crippen LogP contribution in [0.15, 0.2) is 11.6 Å². The van der Waals surface area contributed by atoms with Crippen molar-refractivity contribution in [2.24, 2.45) is 50.2 Å². The molecule has 4 fully saturated rings. The molecule has 174 valence electrons. The molecule has 1 heteroatoms. The maximum absolute atomic E-state index is 14.2. The molecule has 0 aromatic rings. The van der Waals surface area contributed by atoms with Gasteiger partial charge in [-0.05, 0) is 90.8 Å². The maximum atomic E-state index is 14.2. The van der Waals surface area contributed by atoms with Crippen LogP contribution in [-0.2, 0) is 4.79 Å². The molecule has 5 rings (SSSR count). The molecule has 31 heavy (non-hydrogen) atoms. The van der Waals surface area contributed by atoms with Gasteiger partial charge < -0.3 is 0 Å². The average Bonchev–Trinajstić information content (AvgIpc) is 2.66. The van der Waals surface area contributed by atoms with Crippen molar-refractivity contribution in [1.82, 2.24) is 0 Å². The first-order valence-corrected chi connectivity index (χ1v) is 13.4. The molecule has 0 saturated heterocycles. The van der Waals surface area contributed by atoms with Crippen molar-refractivity contribution in [2.75, 3.05) is 0 Å². The van der Waals surface area contributed by atoms with Gasteiger partial charge in [0.2, 0.25) is 0 Å². The summed E-state index contributed by atoms with van der Waals surface area (Å²) in [6.45, 7) is 20.0. The minimum Gasteiger partial charge on any atom is -0.299 e. The number of hydrogen-bond acceptors (Lipinski definition) is 1. The van der Waals surface area contributed by atoms with Crippen LogP contribution in [0.4, 0.5) is 0 Å². The number of allylic oxidation sites excluding steroid dienone is 2. The molecule has 0 amide bonds. The topological polar surface area (TPSA) is 17.1 Å². The first-order valence-electron chi connectivity index (χ1n) is 13.4. The number of Topliss-reactive ketones (excluding diaryl/α,β-unsaturated/α-hetero) is 1. The Balaban J connectivity index is 1.62. The van der Waals surface area contributed by atoms with Gasteiger partial charge in [0.25, 0.3) is 0 Å². The standard InChI is InChI=1S/C30H48O/c1-25(2)14-15-27(5)16-17-29(7)20(21(27)19-25)10-11-22-28(6)13-9-12-26(3,4)23(28)18-24(31)30(22,29)8/h10,21-23H,9,11-19H2,1-8H3/t21-,22-,23?,27-,28-,29-,30+/m1/s1. The molecule has 4 saturated carbocycles. The fourth-order valence-electron chi connectivity index (χ4n) is 10.3. The average molecular weight is 425 g/mol. The third kappa shape index (κ3) is 2.70. The van der Waals surface area contributed by atoms with Crippen molar-refractivity contribution in [3.8, 4) is 0 Å². The van der Waals surface area contributed by atoms with Crippen molar-refractivity contribution in [1.29, 1.82) is 0 Å². The monoisotopic (exact) mass is 424 g/mol. The third-order valence-corrected chi connectivity index (χ3v) is 12.6. The van der Waals surface area contributed by atoms with Crippen LogP contribution < -0.4 is 0 Å². The highest BCUT2D eigenvalue weighted by atomic mass is 16.1. The van der Waals surface area contributed by atoms with Gasteiger partial charge in [0.15, 0.2) is 0 Å². The SMILES string of the molecule is CC1(C)CC[C@]2(C)CC[C@]3(C)C(=CC[C@@H]4[C@@]5(C)CCCC(C)(C)C5CC(=O)[C@]43C)[C@H]2C1. The van der Waals surface area contributed by atoms with Crippen LogP contribution >= 0.6 is 0 Å². The van der Waals surface area contributed by atoms with Gasteiger partial charge >= 0.3 is 0 Å². The Kier molecular flexibility index (Phi) is 4.51. The van der Waals surface area contributed by atoms with E-state index in [1.165, 1.54) is 51.4 Å². The van der Waals surface area contributed by atoms with Gasteiger partial charge in [0.1, 0.15) is 5.78 Å². The molecule has 7 atom stereocenters. The number of carbonyl (C=O) groups excluding carboxylic acids is 1. The predicted molar refractivity (Wildman–Crippen MR) is 130 cm³/mol. The molecule has 0 aromatic carbocycles. The van der Waals surface area contributed by atoms with Crippen LogP contribution in [0.3, 0.4) is 0 Å². The first-order chi connectivity index (χ1) is 14.2. The lowest BCUT2D eigenvalue weighted by Crippen LogP contribution is -2.66. The summed E-state index contributed by atoms with van der Waals surface area (Å²) in [4.78, 5) is 14.2. The van der Waals surface area contributed by atoms with Gasteiger partial charge in [0, 0.05) is 17.3 Å². The van der Waals surface area contributed by atoms with Crippen molar-refractivity contribution < 1.29 is 4.79 Å². The van der Waals surface area contributed by atoms with E-state index in [1.807, 2.05) is 0 Å². The zero-order valence-corrected chi connectivity index (χ0v) is 21.8. The highest BCUT2D eigenvalue weighted by Crippen LogP contribution is 2.74. The lowest BCUT2D eigenvalue weighted by molar-refractivity contribution is -0.187. The van der Waals surface area contributed by atoms with Crippen LogP contribution in [-0.4, -0.2) is 5.78 Å². The lowest BCUT2D eigenvalue weighted by atomic mass is 9.33. The second kappa shape index (κ2) is 6.29. The fraction of sp³-hybridized carbons (Fsp3) is 0.900. The summed E-state index contributed by atoms with van der Waals surface area (Å²) in [5.74, 6) is 2.36. The first kappa shape index (κ1) is 22.2. The van der Waals surface area contributed by atoms with Crippen LogP contribution in [0.2, 0.25) is 0 Å². The quantitative estimate of drug-likeness (QED) is 0.357. The predicted octanol–water partition coefficient (Wildman–Crippen LogP) is 8.38. The van der Waals surface area contributed by atoms with E-state index in [1.54, 1.807) is 5.57 Å². The van der Waals surface area contributed by atoms with Gasteiger partial charge in [-0.25, -0.2) is 0 Å². The summed E-state index contributed by atoms with van der Waals surface area (Å²) in [6.07, 6.45) is 15.2. The van der Waals surface area contributed by atoms with Crippen LogP contribution in [0.25, 0.3) is 0 Å². The minimum atomic E-state index is -0.182. The summed E-state index contributed by atoms with van der Waals surface area (Å²) < 4.78 is 0. The van der Waals surface area contributed by atoms with E-state index < -0.39 is 0 Å². The van der Waals surface area contributed by atoms with Gasteiger partial charge in [-0.2, -0.15) is 0 Å². The largest absolute Gasteiger partial charge is 0.299 e. The molecule has 5 aliphatic rings. The molecule has 0 bridgehead atoms. The second-order valence-corrected chi connectivity index (χ2v) is 15.1. The van der Waals surface area contributed by atoms with Gasteiger partial charge in [-0.3, -0.25) is 4.79 Å². The van der Waals surface area contributed by atoms with Crippen molar-refractivity contribution in [3.63, 3.8) is 0 Å². The molecule has 0 aromatic heterocycles. The number of ketones is 1. The van der Waals surface area contributed by atoms with E-state index >= 15 is 0 Å². The Morgan fingerprint density at radius 2 is 1.48 bits per heavy atom. The second-order valence-electron chi connectivity index (χ2n) is 15.1. The summed E-state index contributed by atoms with van der Waals surface area (Å²) in [5, 5.41) is 0. The number of hydrogen-bond donors (Lipinski definition) is 0. The number of carbonyl (C=O) groups is 1. The molecule has 5 aliphatic carbocycles. The Labute approximate surface area is 192 Å². The van der Waals surface area contributed by atoms with E-state index in [4.69, 9.17) is 0 Å². The smallest absolute Gasteiger partial charge is 0.140 e. The van der Waals surface area contributed by atoms with E-state index in [2.05, 4.69) is 61.5 Å². The highest BCUT2D eigenvalue weighted by Gasteiger charge is 2.70. The Hall–Kier alpha value is -0.590. The van der Waals surface area contributed by atoms with Crippen molar-refractivity contribution >= 4 is 5.78 Å². The minimum absolute atomic E-state index is 0.0557. The van der Waals surface area contributed by atoms with Crippen molar-refractivity contribution in [3.05, 3.63) is 11.6 Å². The summed E-state index contributed by atoms with van der Waals surface area (Å²) in [7, 11) is 0. The summed E-state index contributed by atoms with van der Waals surface area (Å²) in [5.41, 5.74) is 3.07. The molecule has 1 nitrogen and oxygen atoms in total. The zero-order chi connectivity index (χ0) is 22.7. The normalized spacial score (nSPS) is 52.8. The molecule has 0 heterocycles. The maximum Gasteiger partial charge on any atom is 0.140 e.